The van der Waals surface area contributed by atoms with Crippen molar-refractivity contribution in [2.24, 2.45) is 0 Å². The van der Waals surface area contributed by atoms with Crippen molar-refractivity contribution in [2.75, 3.05) is 0 Å². The van der Waals surface area contributed by atoms with Gasteiger partial charge in [0.25, 0.3) is 0 Å². The van der Waals surface area contributed by atoms with Crippen molar-refractivity contribution in [2.45, 2.75) is 51.3 Å². The fraction of sp³-hybridized carbons (Fsp3) is 0.368. The predicted octanol–water partition coefficient (Wildman–Crippen LogP) is 1.46. The zero-order valence-corrected chi connectivity index (χ0v) is 17.7. The van der Waals surface area contributed by atoms with Crippen LogP contribution in [-0.2, 0) is 34.5 Å². The Balaban J connectivity index is 1.56. The molecule has 3 heterocycles. The molecule has 10 nitrogen and oxygen atoms in total. The van der Waals surface area contributed by atoms with Gasteiger partial charge in [0.05, 0.1) is 18.8 Å². The largest absolute Gasteiger partial charge is 0.360 e. The van der Waals surface area contributed by atoms with Gasteiger partial charge in [-0.25, -0.2) is 17.8 Å². The van der Waals surface area contributed by atoms with E-state index in [0.717, 1.165) is 5.56 Å². The normalized spacial score (nSPS) is 16.7. The summed E-state index contributed by atoms with van der Waals surface area (Å²) >= 11 is 0. The van der Waals surface area contributed by atoms with Crippen LogP contribution in [0.3, 0.4) is 0 Å². The molecule has 1 unspecified atom stereocenters. The van der Waals surface area contributed by atoms with Gasteiger partial charge < -0.3 is 9.42 Å². The molecule has 0 saturated carbocycles. The number of hydrogen-bond donors (Lipinski definition) is 1. The number of rotatable bonds is 6. The second-order valence-electron chi connectivity index (χ2n) is 7.26. The number of carbonyl (C=O) groups is 1. The molecule has 0 fully saturated rings. The molecule has 30 heavy (non-hydrogen) atoms. The summed E-state index contributed by atoms with van der Waals surface area (Å²) in [5.74, 6) is 0.164. The molecule has 1 aliphatic rings. The van der Waals surface area contributed by atoms with E-state index in [1.54, 1.807) is 30.4 Å². The summed E-state index contributed by atoms with van der Waals surface area (Å²) in [4.78, 5) is 14.5. The van der Waals surface area contributed by atoms with Crippen LogP contribution in [0.15, 0.2) is 39.8 Å². The molecule has 0 saturated heterocycles. The lowest BCUT2D eigenvalue weighted by Crippen LogP contribution is -2.41. The number of amides is 1. The second-order valence-corrected chi connectivity index (χ2v) is 8.96. The van der Waals surface area contributed by atoms with E-state index in [1.807, 2.05) is 30.3 Å². The van der Waals surface area contributed by atoms with E-state index in [0.29, 0.717) is 30.2 Å². The number of sulfonamides is 1. The fourth-order valence-corrected chi connectivity index (χ4v) is 4.93. The summed E-state index contributed by atoms with van der Waals surface area (Å²) < 4.78 is 34.4. The Morgan fingerprint density at radius 2 is 1.97 bits per heavy atom. The quantitative estimate of drug-likeness (QED) is 0.628. The van der Waals surface area contributed by atoms with Crippen molar-refractivity contribution in [3.8, 4) is 0 Å². The minimum Gasteiger partial charge on any atom is -0.360 e. The molecule has 158 valence electrons. The number of carbonyl (C=O) groups excluding carboxylic acids is 1. The van der Waals surface area contributed by atoms with Crippen LogP contribution in [0.1, 0.15) is 41.4 Å². The standard InChI is InChI=1S/C19H22N6O4S/c1-12-18(14(3)29-22-12)30(27,28)20-9-16-17-11-24(10-15-7-5-4-6-8-15)19(26)13(2)25(17)23-21-16/h4-8,13,20H,9-11H2,1-3H3. The number of aromatic nitrogens is 4. The third-order valence-electron chi connectivity index (χ3n) is 5.13. The summed E-state index contributed by atoms with van der Waals surface area (Å²) in [6.45, 7) is 5.58. The van der Waals surface area contributed by atoms with E-state index in [2.05, 4.69) is 20.2 Å². The van der Waals surface area contributed by atoms with Crippen molar-refractivity contribution in [3.05, 3.63) is 58.7 Å². The number of hydrogen-bond acceptors (Lipinski definition) is 7. The van der Waals surface area contributed by atoms with Crippen LogP contribution in [0.2, 0.25) is 0 Å². The Morgan fingerprint density at radius 3 is 2.63 bits per heavy atom. The van der Waals surface area contributed by atoms with Gasteiger partial charge in [0, 0.05) is 6.54 Å². The van der Waals surface area contributed by atoms with Crippen LogP contribution in [0.25, 0.3) is 0 Å². The van der Waals surface area contributed by atoms with Gasteiger partial charge in [-0.2, -0.15) is 0 Å². The molecule has 0 radical (unpaired) electrons. The summed E-state index contributed by atoms with van der Waals surface area (Å²) in [6.07, 6.45) is 0. The van der Waals surface area contributed by atoms with E-state index in [1.165, 1.54) is 0 Å². The second kappa shape index (κ2) is 7.65. The van der Waals surface area contributed by atoms with Crippen molar-refractivity contribution in [1.29, 1.82) is 0 Å². The van der Waals surface area contributed by atoms with Gasteiger partial charge in [-0.3, -0.25) is 4.79 Å². The number of aryl methyl sites for hydroxylation is 2. The molecule has 0 bridgehead atoms. The molecule has 1 N–H and O–H groups in total. The first-order valence-electron chi connectivity index (χ1n) is 9.46. The first kappa shape index (κ1) is 20.2. The molecule has 0 spiro atoms. The highest BCUT2D eigenvalue weighted by Gasteiger charge is 2.33. The van der Waals surface area contributed by atoms with Crippen LogP contribution in [0.4, 0.5) is 0 Å². The smallest absolute Gasteiger partial charge is 0.247 e. The molecule has 1 aliphatic heterocycles. The number of benzene rings is 1. The zero-order valence-electron chi connectivity index (χ0n) is 16.9. The molecule has 11 heteroatoms. The lowest BCUT2D eigenvalue weighted by molar-refractivity contribution is -0.138. The predicted molar refractivity (Wildman–Crippen MR) is 105 cm³/mol. The Bertz CT molecular complexity index is 1170. The van der Waals surface area contributed by atoms with Crippen LogP contribution < -0.4 is 4.72 Å². The number of nitrogens with zero attached hydrogens (tertiary/aromatic N) is 5. The summed E-state index contributed by atoms with van der Waals surface area (Å²) in [6, 6.07) is 9.17. The molecule has 2 aromatic heterocycles. The maximum atomic E-state index is 12.8. The maximum absolute atomic E-state index is 12.8. The van der Waals surface area contributed by atoms with Crippen LogP contribution >= 0.6 is 0 Å². The molecular weight excluding hydrogens is 408 g/mol. The number of fused-ring (bicyclic) bond motifs is 1. The topological polar surface area (TPSA) is 123 Å². The van der Waals surface area contributed by atoms with Gasteiger partial charge in [-0.1, -0.05) is 40.7 Å². The lowest BCUT2D eigenvalue weighted by Gasteiger charge is -2.31. The Hall–Kier alpha value is -3.05. The van der Waals surface area contributed by atoms with Gasteiger partial charge in [0.2, 0.25) is 15.9 Å². The minimum atomic E-state index is -3.83. The van der Waals surface area contributed by atoms with E-state index in [9.17, 15) is 13.2 Å². The Kier molecular flexibility index (Phi) is 5.16. The van der Waals surface area contributed by atoms with E-state index in [-0.39, 0.29) is 23.1 Å². The number of nitrogens with one attached hydrogen (secondary N) is 1. The first-order valence-corrected chi connectivity index (χ1v) is 10.9. The van der Waals surface area contributed by atoms with Gasteiger partial charge in [-0.15, -0.1) is 5.10 Å². The van der Waals surface area contributed by atoms with Gasteiger partial charge in [-0.05, 0) is 26.3 Å². The molecule has 3 aromatic rings. The van der Waals surface area contributed by atoms with Gasteiger partial charge in [0.1, 0.15) is 22.3 Å². The highest BCUT2D eigenvalue weighted by atomic mass is 32.2. The molecule has 1 aromatic carbocycles. The zero-order chi connectivity index (χ0) is 21.5. The van der Waals surface area contributed by atoms with Crippen LogP contribution in [0, 0.1) is 13.8 Å². The summed E-state index contributed by atoms with van der Waals surface area (Å²) in [5, 5.41) is 11.9. The fourth-order valence-electron chi connectivity index (χ4n) is 3.62. The molecule has 0 aliphatic carbocycles. The minimum absolute atomic E-state index is 0.0257. The maximum Gasteiger partial charge on any atom is 0.247 e. The average molecular weight is 430 g/mol. The summed E-state index contributed by atoms with van der Waals surface area (Å²) in [5.41, 5.74) is 2.49. The van der Waals surface area contributed by atoms with E-state index < -0.39 is 16.1 Å². The van der Waals surface area contributed by atoms with Crippen molar-refractivity contribution in [1.82, 2.24) is 29.8 Å². The lowest BCUT2D eigenvalue weighted by atomic mass is 10.1. The monoisotopic (exact) mass is 430 g/mol. The Labute approximate surface area is 173 Å². The average Bonchev–Trinajstić information content (AvgIpc) is 3.28. The van der Waals surface area contributed by atoms with Crippen molar-refractivity contribution < 1.29 is 17.7 Å². The SMILES string of the molecule is Cc1noc(C)c1S(=O)(=O)NCc1nnn2c1CN(Cc1ccccc1)C(=O)C2C. The third kappa shape index (κ3) is 3.61. The molecule has 1 atom stereocenters. The molecule has 4 rings (SSSR count). The first-order chi connectivity index (χ1) is 14.3. The van der Waals surface area contributed by atoms with Crippen molar-refractivity contribution in [3.63, 3.8) is 0 Å². The highest BCUT2D eigenvalue weighted by Crippen LogP contribution is 2.25. The van der Waals surface area contributed by atoms with E-state index in [4.69, 9.17) is 4.52 Å². The third-order valence-corrected chi connectivity index (χ3v) is 6.78. The summed E-state index contributed by atoms with van der Waals surface area (Å²) in [7, 11) is -3.83. The van der Waals surface area contributed by atoms with Crippen molar-refractivity contribution >= 4 is 15.9 Å². The van der Waals surface area contributed by atoms with E-state index >= 15 is 0 Å². The van der Waals surface area contributed by atoms with Crippen LogP contribution in [0.5, 0.6) is 0 Å². The highest BCUT2D eigenvalue weighted by molar-refractivity contribution is 7.89. The van der Waals surface area contributed by atoms with Gasteiger partial charge in [0.15, 0.2) is 5.76 Å². The molecular formula is C19H22N6O4S. The Morgan fingerprint density at radius 1 is 1.23 bits per heavy atom. The molecule has 1 amide bonds. The van der Waals surface area contributed by atoms with Gasteiger partial charge >= 0.3 is 0 Å². The van der Waals surface area contributed by atoms with Crippen LogP contribution in [-0.4, -0.2) is 39.4 Å².